The van der Waals surface area contributed by atoms with Crippen LogP contribution in [0.15, 0.2) is 0 Å². The summed E-state index contributed by atoms with van der Waals surface area (Å²) >= 11 is 0. The van der Waals surface area contributed by atoms with Gasteiger partial charge in [-0.1, -0.05) is 0 Å². The van der Waals surface area contributed by atoms with Crippen LogP contribution in [0.4, 0.5) is 0 Å². The van der Waals surface area contributed by atoms with Gasteiger partial charge in [0.1, 0.15) is 12.2 Å². The van der Waals surface area contributed by atoms with Crippen molar-refractivity contribution >= 4 is 0 Å². The highest BCUT2D eigenvalue weighted by atomic mass is 16.4. The molecule has 0 aromatic rings. The first kappa shape index (κ1) is 11.8. The van der Waals surface area contributed by atoms with Crippen LogP contribution in [0.25, 0.3) is 0 Å². The van der Waals surface area contributed by atoms with E-state index in [1.807, 2.05) is 0 Å². The Hall–Kier alpha value is -0.240. The molecule has 1 saturated carbocycles. The number of hydrogen-bond donors (Lipinski definition) is 6. The van der Waals surface area contributed by atoms with E-state index in [-0.39, 0.29) is 13.0 Å². The number of rotatable bonds is 1. The Morgan fingerprint density at radius 1 is 0.929 bits per heavy atom. The second kappa shape index (κ2) is 4.52. The summed E-state index contributed by atoms with van der Waals surface area (Å²) in [6, 6.07) is -0.756. The zero-order valence-electron chi connectivity index (χ0n) is 7.69. The van der Waals surface area contributed by atoms with Crippen LogP contribution in [0.3, 0.4) is 0 Å². The zero-order valence-corrected chi connectivity index (χ0v) is 7.69. The van der Waals surface area contributed by atoms with Crippen molar-refractivity contribution in [1.29, 1.82) is 0 Å². The summed E-state index contributed by atoms with van der Waals surface area (Å²) in [4.78, 5) is 0. The van der Waals surface area contributed by atoms with Crippen molar-refractivity contribution in [3.05, 3.63) is 0 Å². The Kier molecular flexibility index (Phi) is 3.82. The van der Waals surface area contributed by atoms with Gasteiger partial charge in [0.15, 0.2) is 0 Å². The molecule has 1 rings (SSSR count). The van der Waals surface area contributed by atoms with Gasteiger partial charge in [-0.05, 0) is 6.42 Å². The molecule has 1 aliphatic rings. The Bertz CT molecular complexity index is 186. The standard InChI is InChI=1S/C8H17NO5/c9-4-1-3(2-10)5(11)7(13)8(14)6(4)12/h3-8,10-14H,1-2,9H2/t3-,4-,5-,6+,7+,8+/m1/s1. The fourth-order valence-corrected chi connectivity index (χ4v) is 1.75. The molecule has 6 heteroatoms. The quantitative estimate of drug-likeness (QED) is 0.251. The molecule has 0 saturated heterocycles. The van der Waals surface area contributed by atoms with E-state index >= 15 is 0 Å². The Morgan fingerprint density at radius 3 is 1.93 bits per heavy atom. The van der Waals surface area contributed by atoms with Gasteiger partial charge in [0.05, 0.1) is 12.2 Å². The van der Waals surface area contributed by atoms with Gasteiger partial charge >= 0.3 is 0 Å². The van der Waals surface area contributed by atoms with E-state index in [1.54, 1.807) is 0 Å². The van der Waals surface area contributed by atoms with Gasteiger partial charge in [-0.25, -0.2) is 0 Å². The predicted octanol–water partition coefficient (Wildman–Crippen LogP) is -3.23. The van der Waals surface area contributed by atoms with Crippen LogP contribution in [0.5, 0.6) is 0 Å². The van der Waals surface area contributed by atoms with E-state index in [2.05, 4.69) is 0 Å². The van der Waals surface area contributed by atoms with Crippen molar-refractivity contribution in [2.24, 2.45) is 11.7 Å². The Labute approximate surface area is 81.6 Å². The molecule has 0 heterocycles. The summed E-state index contributed by atoms with van der Waals surface area (Å²) in [5.41, 5.74) is 5.52. The average molecular weight is 207 g/mol. The molecule has 6 atom stereocenters. The number of aliphatic hydroxyl groups is 5. The molecule has 14 heavy (non-hydrogen) atoms. The van der Waals surface area contributed by atoms with Crippen molar-refractivity contribution in [3.8, 4) is 0 Å². The lowest BCUT2D eigenvalue weighted by Crippen LogP contribution is -2.48. The van der Waals surface area contributed by atoms with Gasteiger partial charge in [-0.15, -0.1) is 0 Å². The van der Waals surface area contributed by atoms with Gasteiger partial charge in [-0.2, -0.15) is 0 Å². The van der Waals surface area contributed by atoms with Crippen molar-refractivity contribution in [2.75, 3.05) is 6.61 Å². The van der Waals surface area contributed by atoms with Gasteiger partial charge in [-0.3, -0.25) is 0 Å². The maximum atomic E-state index is 9.49. The van der Waals surface area contributed by atoms with Crippen LogP contribution >= 0.6 is 0 Å². The lowest BCUT2D eigenvalue weighted by atomic mass is 9.95. The molecule has 1 fully saturated rings. The molecular formula is C8H17NO5. The smallest absolute Gasteiger partial charge is 0.110 e. The van der Waals surface area contributed by atoms with Crippen LogP contribution in [-0.2, 0) is 0 Å². The molecular weight excluding hydrogens is 190 g/mol. The molecule has 0 unspecified atom stereocenters. The average Bonchev–Trinajstić information content (AvgIpc) is 2.25. The Morgan fingerprint density at radius 2 is 1.43 bits per heavy atom. The fourth-order valence-electron chi connectivity index (χ4n) is 1.75. The minimum Gasteiger partial charge on any atom is -0.396 e. The van der Waals surface area contributed by atoms with Gasteiger partial charge in [0.25, 0.3) is 0 Å². The molecule has 0 aliphatic heterocycles. The van der Waals surface area contributed by atoms with E-state index in [4.69, 9.17) is 10.8 Å². The summed E-state index contributed by atoms with van der Waals surface area (Å²) in [6.07, 6.45) is -5.34. The van der Waals surface area contributed by atoms with Gasteiger partial charge < -0.3 is 31.3 Å². The minimum atomic E-state index is -1.48. The number of aliphatic hydroxyl groups excluding tert-OH is 5. The van der Waals surface area contributed by atoms with E-state index < -0.39 is 36.4 Å². The molecule has 0 radical (unpaired) electrons. The van der Waals surface area contributed by atoms with Gasteiger partial charge in [0.2, 0.25) is 0 Å². The van der Waals surface area contributed by atoms with Crippen LogP contribution in [0.2, 0.25) is 0 Å². The third kappa shape index (κ3) is 2.05. The first-order valence-electron chi connectivity index (χ1n) is 4.57. The summed E-state index contributed by atoms with van der Waals surface area (Å²) < 4.78 is 0. The molecule has 0 bridgehead atoms. The van der Waals surface area contributed by atoms with Crippen molar-refractivity contribution in [2.45, 2.75) is 36.9 Å². The highest BCUT2D eigenvalue weighted by Crippen LogP contribution is 2.23. The fraction of sp³-hybridized carbons (Fsp3) is 1.00. The van der Waals surface area contributed by atoms with Crippen molar-refractivity contribution < 1.29 is 25.5 Å². The Balaban J connectivity index is 2.81. The first-order valence-corrected chi connectivity index (χ1v) is 4.57. The van der Waals surface area contributed by atoms with E-state index in [9.17, 15) is 20.4 Å². The second-order valence-electron chi connectivity index (χ2n) is 3.80. The van der Waals surface area contributed by atoms with Crippen molar-refractivity contribution in [1.82, 2.24) is 0 Å². The third-order valence-electron chi connectivity index (χ3n) is 2.78. The summed E-state index contributed by atoms with van der Waals surface area (Å²) in [5.74, 6) is -0.619. The maximum Gasteiger partial charge on any atom is 0.110 e. The topological polar surface area (TPSA) is 127 Å². The van der Waals surface area contributed by atoms with E-state index in [0.29, 0.717) is 0 Å². The SMILES string of the molecule is N[C@@H]1C[C@H](CO)[C@@H](O)[C@H](O)[C@@H](O)[C@H]1O. The van der Waals surface area contributed by atoms with Crippen LogP contribution in [0.1, 0.15) is 6.42 Å². The van der Waals surface area contributed by atoms with E-state index in [1.165, 1.54) is 0 Å². The van der Waals surface area contributed by atoms with E-state index in [0.717, 1.165) is 0 Å². The normalized spacial score (nSPS) is 50.1. The molecule has 7 N–H and O–H groups in total. The molecule has 6 nitrogen and oxygen atoms in total. The van der Waals surface area contributed by atoms with Gasteiger partial charge in [0, 0.05) is 18.6 Å². The van der Waals surface area contributed by atoms with Crippen LogP contribution in [0, 0.1) is 5.92 Å². The highest BCUT2D eigenvalue weighted by molar-refractivity contribution is 4.94. The summed E-state index contributed by atoms with van der Waals surface area (Å²) in [6.45, 7) is -0.342. The maximum absolute atomic E-state index is 9.49. The van der Waals surface area contributed by atoms with Crippen LogP contribution < -0.4 is 5.73 Å². The molecule has 0 aromatic carbocycles. The molecule has 84 valence electrons. The lowest BCUT2D eigenvalue weighted by Gasteiger charge is -2.25. The summed E-state index contributed by atoms with van der Waals surface area (Å²) in [7, 11) is 0. The highest BCUT2D eigenvalue weighted by Gasteiger charge is 2.41. The lowest BCUT2D eigenvalue weighted by molar-refractivity contribution is -0.109. The molecule has 0 aromatic heterocycles. The molecule has 1 aliphatic carbocycles. The number of nitrogens with two attached hydrogens (primary N) is 1. The molecule has 0 amide bonds. The van der Waals surface area contributed by atoms with Crippen LogP contribution in [-0.4, -0.2) is 62.6 Å². The zero-order chi connectivity index (χ0) is 10.9. The second-order valence-corrected chi connectivity index (χ2v) is 3.80. The minimum absolute atomic E-state index is 0.160. The third-order valence-corrected chi connectivity index (χ3v) is 2.78. The number of hydrogen-bond acceptors (Lipinski definition) is 6. The summed E-state index contributed by atoms with van der Waals surface area (Å²) in [5, 5.41) is 46.5. The largest absolute Gasteiger partial charge is 0.396 e. The molecule has 0 spiro atoms. The predicted molar refractivity (Wildman–Crippen MR) is 47.2 cm³/mol. The monoisotopic (exact) mass is 207 g/mol. The first-order chi connectivity index (χ1) is 6.49. The van der Waals surface area contributed by atoms with Crippen molar-refractivity contribution in [3.63, 3.8) is 0 Å².